The van der Waals surface area contributed by atoms with E-state index in [9.17, 15) is 4.79 Å². The highest BCUT2D eigenvalue weighted by molar-refractivity contribution is 9.10. The molecule has 1 aliphatic heterocycles. The molecule has 0 fully saturated rings. The van der Waals surface area contributed by atoms with Gasteiger partial charge in [-0.3, -0.25) is 4.79 Å². The zero-order chi connectivity index (χ0) is 13.2. The highest BCUT2D eigenvalue weighted by Gasteiger charge is 2.16. The summed E-state index contributed by atoms with van der Waals surface area (Å²) in [5.74, 6) is 1.02. The molecule has 96 valence electrons. The maximum atomic E-state index is 12.1. The van der Waals surface area contributed by atoms with Crippen LogP contribution in [-0.2, 0) is 0 Å². The first-order chi connectivity index (χ1) is 9.24. The van der Waals surface area contributed by atoms with Crippen LogP contribution in [0.25, 0.3) is 0 Å². The molecule has 3 rings (SSSR count). The number of carbonyl (C=O) groups is 1. The molecule has 0 spiro atoms. The van der Waals surface area contributed by atoms with E-state index in [0.29, 0.717) is 27.4 Å². The normalized spacial score (nSPS) is 12.3. The number of halogens is 1. The van der Waals surface area contributed by atoms with Gasteiger partial charge in [0.05, 0.1) is 0 Å². The Morgan fingerprint density at radius 1 is 1.26 bits per heavy atom. The summed E-state index contributed by atoms with van der Waals surface area (Å²) < 4.78 is 11.1. The first-order valence-electron chi connectivity index (χ1n) is 5.55. The summed E-state index contributed by atoms with van der Waals surface area (Å²) in [6.45, 7) is 0.207. The summed E-state index contributed by atoms with van der Waals surface area (Å²) >= 11 is 3.29. The Kier molecular flexibility index (Phi) is 3.08. The van der Waals surface area contributed by atoms with Crippen molar-refractivity contribution in [2.45, 2.75) is 0 Å². The minimum atomic E-state index is -0.286. The smallest absolute Gasteiger partial charge is 0.275 e. The van der Waals surface area contributed by atoms with E-state index in [1.165, 1.54) is 0 Å². The predicted molar refractivity (Wildman–Crippen MR) is 72.5 cm³/mol. The van der Waals surface area contributed by atoms with E-state index < -0.39 is 0 Å². The number of nitrogens with one attached hydrogen (secondary N) is 1. The van der Waals surface area contributed by atoms with Gasteiger partial charge in [-0.1, -0.05) is 0 Å². The fraction of sp³-hybridized carbons (Fsp3) is 0.0769. The molecule has 1 aromatic heterocycles. The Morgan fingerprint density at radius 2 is 2.11 bits per heavy atom. The van der Waals surface area contributed by atoms with Crippen molar-refractivity contribution in [1.82, 2.24) is 4.98 Å². The molecule has 1 N–H and O–H groups in total. The van der Waals surface area contributed by atoms with Crippen LogP contribution in [0, 0.1) is 0 Å². The molecule has 0 atom stereocenters. The topological polar surface area (TPSA) is 60.5 Å². The fourth-order valence-corrected chi connectivity index (χ4v) is 2.15. The lowest BCUT2D eigenvalue weighted by Crippen LogP contribution is -2.14. The highest BCUT2D eigenvalue weighted by Crippen LogP contribution is 2.34. The minimum Gasteiger partial charge on any atom is -0.454 e. The molecule has 19 heavy (non-hydrogen) atoms. The molecule has 2 aromatic rings. The Bertz CT molecular complexity index is 646. The van der Waals surface area contributed by atoms with Crippen LogP contribution in [0.1, 0.15) is 10.5 Å². The van der Waals surface area contributed by atoms with Crippen molar-refractivity contribution in [3.8, 4) is 11.5 Å². The first-order valence-corrected chi connectivity index (χ1v) is 6.35. The molecule has 0 radical (unpaired) electrons. The van der Waals surface area contributed by atoms with Crippen LogP contribution in [0.3, 0.4) is 0 Å². The second kappa shape index (κ2) is 4.89. The molecule has 0 bridgehead atoms. The van der Waals surface area contributed by atoms with Crippen LogP contribution < -0.4 is 14.8 Å². The Labute approximate surface area is 117 Å². The molecule has 0 aliphatic carbocycles. The van der Waals surface area contributed by atoms with Crippen LogP contribution >= 0.6 is 15.9 Å². The maximum Gasteiger partial charge on any atom is 0.275 e. The molecule has 1 aliphatic rings. The monoisotopic (exact) mass is 320 g/mol. The Morgan fingerprint density at radius 3 is 2.95 bits per heavy atom. The predicted octanol–water partition coefficient (Wildman–Crippen LogP) is 2.83. The van der Waals surface area contributed by atoms with Crippen molar-refractivity contribution in [1.29, 1.82) is 0 Å². The SMILES string of the molecule is O=C(Nc1ccc2c(c1)OCO2)c1ncccc1Br. The van der Waals surface area contributed by atoms with E-state index in [-0.39, 0.29) is 12.7 Å². The Hall–Kier alpha value is -2.08. The lowest BCUT2D eigenvalue weighted by molar-refractivity contribution is 0.102. The lowest BCUT2D eigenvalue weighted by atomic mass is 10.2. The number of fused-ring (bicyclic) bond motifs is 1. The molecule has 0 unspecified atom stereocenters. The van der Waals surface area contributed by atoms with Gasteiger partial charge in [0.1, 0.15) is 5.69 Å². The van der Waals surface area contributed by atoms with Gasteiger partial charge < -0.3 is 14.8 Å². The van der Waals surface area contributed by atoms with Crippen LogP contribution in [0.15, 0.2) is 41.0 Å². The third kappa shape index (κ3) is 2.39. The van der Waals surface area contributed by atoms with Crippen molar-refractivity contribution >= 4 is 27.5 Å². The second-order valence-electron chi connectivity index (χ2n) is 3.86. The largest absolute Gasteiger partial charge is 0.454 e. The number of benzene rings is 1. The maximum absolute atomic E-state index is 12.1. The molecule has 6 heteroatoms. The average molecular weight is 321 g/mol. The number of carbonyl (C=O) groups excluding carboxylic acids is 1. The summed E-state index contributed by atoms with van der Waals surface area (Å²) in [5.41, 5.74) is 0.965. The van der Waals surface area contributed by atoms with Crippen LogP contribution in [0.5, 0.6) is 11.5 Å². The number of ether oxygens (including phenoxy) is 2. The van der Waals surface area contributed by atoms with Gasteiger partial charge in [0, 0.05) is 22.4 Å². The van der Waals surface area contributed by atoms with Crippen molar-refractivity contribution < 1.29 is 14.3 Å². The van der Waals surface area contributed by atoms with Gasteiger partial charge in [-0.25, -0.2) is 4.98 Å². The van der Waals surface area contributed by atoms with Gasteiger partial charge in [0.15, 0.2) is 11.5 Å². The molecule has 2 heterocycles. The molecular weight excluding hydrogens is 312 g/mol. The zero-order valence-corrected chi connectivity index (χ0v) is 11.3. The van der Waals surface area contributed by atoms with Crippen molar-refractivity contribution in [2.24, 2.45) is 0 Å². The highest BCUT2D eigenvalue weighted by atomic mass is 79.9. The van der Waals surface area contributed by atoms with Gasteiger partial charge >= 0.3 is 0 Å². The van der Waals surface area contributed by atoms with E-state index in [1.54, 1.807) is 36.5 Å². The van der Waals surface area contributed by atoms with Gasteiger partial charge in [0.2, 0.25) is 6.79 Å². The Balaban J connectivity index is 1.82. The van der Waals surface area contributed by atoms with Crippen LogP contribution in [-0.4, -0.2) is 17.7 Å². The number of hydrogen-bond acceptors (Lipinski definition) is 4. The quantitative estimate of drug-likeness (QED) is 0.924. The molecule has 1 amide bonds. The van der Waals surface area contributed by atoms with Gasteiger partial charge in [-0.15, -0.1) is 0 Å². The van der Waals surface area contributed by atoms with Crippen LogP contribution in [0.2, 0.25) is 0 Å². The number of aromatic nitrogens is 1. The number of amides is 1. The average Bonchev–Trinajstić information content (AvgIpc) is 2.86. The summed E-state index contributed by atoms with van der Waals surface area (Å²) in [4.78, 5) is 16.1. The summed E-state index contributed by atoms with van der Waals surface area (Å²) in [7, 11) is 0. The fourth-order valence-electron chi connectivity index (χ4n) is 1.72. The molecule has 0 saturated carbocycles. The third-order valence-corrected chi connectivity index (χ3v) is 3.24. The van der Waals surface area contributed by atoms with E-state index in [1.807, 2.05) is 0 Å². The summed E-state index contributed by atoms with van der Waals surface area (Å²) in [6, 6.07) is 8.74. The second-order valence-corrected chi connectivity index (χ2v) is 4.71. The zero-order valence-electron chi connectivity index (χ0n) is 9.72. The summed E-state index contributed by atoms with van der Waals surface area (Å²) in [5, 5.41) is 2.76. The number of rotatable bonds is 2. The minimum absolute atomic E-state index is 0.207. The van der Waals surface area contributed by atoms with Gasteiger partial charge in [-0.05, 0) is 40.2 Å². The third-order valence-electron chi connectivity index (χ3n) is 2.60. The molecular formula is C13H9BrN2O3. The van der Waals surface area contributed by atoms with Crippen molar-refractivity contribution in [3.05, 3.63) is 46.7 Å². The van der Waals surface area contributed by atoms with Crippen molar-refractivity contribution in [3.63, 3.8) is 0 Å². The summed E-state index contributed by atoms with van der Waals surface area (Å²) in [6.07, 6.45) is 1.57. The van der Waals surface area contributed by atoms with Gasteiger partial charge in [-0.2, -0.15) is 0 Å². The van der Waals surface area contributed by atoms with E-state index in [2.05, 4.69) is 26.2 Å². The standard InChI is InChI=1S/C13H9BrN2O3/c14-9-2-1-5-15-12(9)13(17)16-8-3-4-10-11(6-8)19-7-18-10/h1-6H,7H2,(H,16,17). The number of hydrogen-bond donors (Lipinski definition) is 1. The number of pyridine rings is 1. The number of anilines is 1. The van der Waals surface area contributed by atoms with Crippen LogP contribution in [0.4, 0.5) is 5.69 Å². The molecule has 0 saturated heterocycles. The molecule has 1 aromatic carbocycles. The number of nitrogens with zero attached hydrogens (tertiary/aromatic N) is 1. The van der Waals surface area contributed by atoms with E-state index in [4.69, 9.17) is 9.47 Å². The van der Waals surface area contributed by atoms with E-state index in [0.717, 1.165) is 0 Å². The van der Waals surface area contributed by atoms with Gasteiger partial charge in [0.25, 0.3) is 5.91 Å². The first kappa shape index (κ1) is 12.0. The molecule has 5 nitrogen and oxygen atoms in total. The van der Waals surface area contributed by atoms with E-state index >= 15 is 0 Å². The van der Waals surface area contributed by atoms with Crippen molar-refractivity contribution in [2.75, 3.05) is 12.1 Å². The lowest BCUT2D eigenvalue weighted by Gasteiger charge is -2.06.